The van der Waals surface area contributed by atoms with Crippen LogP contribution in [0.1, 0.15) is 24.2 Å². The number of primary amides is 1. The molecular weight excluding hydrogens is 300 g/mol. The minimum absolute atomic E-state index is 0.343. The summed E-state index contributed by atoms with van der Waals surface area (Å²) in [5, 5.41) is 2.56. The van der Waals surface area contributed by atoms with Crippen LogP contribution >= 0.6 is 15.9 Å². The average molecular weight is 315 g/mol. The van der Waals surface area contributed by atoms with Gasteiger partial charge < -0.3 is 15.8 Å². The summed E-state index contributed by atoms with van der Waals surface area (Å²) in [6.45, 7) is 3.08. The molecule has 1 aromatic rings. The Balaban J connectivity index is 3.01. The van der Waals surface area contributed by atoms with Crippen molar-refractivity contribution in [2.24, 2.45) is 5.73 Å². The quantitative estimate of drug-likeness (QED) is 0.882. The average Bonchev–Trinajstić information content (AvgIpc) is 2.27. The molecule has 0 radical (unpaired) electrons. The Hall–Kier alpha value is -1.56. The fourth-order valence-electron chi connectivity index (χ4n) is 1.27. The number of benzene rings is 1. The van der Waals surface area contributed by atoms with Crippen LogP contribution in [0.3, 0.4) is 0 Å². The van der Waals surface area contributed by atoms with E-state index in [2.05, 4.69) is 21.2 Å². The normalized spacial score (nSPS) is 10.9. The molecule has 0 atom stereocenters. The van der Waals surface area contributed by atoms with E-state index < -0.39 is 17.4 Å². The van der Waals surface area contributed by atoms with E-state index in [0.717, 1.165) is 4.47 Å². The van der Waals surface area contributed by atoms with E-state index in [0.29, 0.717) is 11.3 Å². The third-order valence-corrected chi connectivity index (χ3v) is 2.94. The molecule has 1 aromatic carbocycles. The number of halogens is 1. The third-order valence-electron chi connectivity index (χ3n) is 2.45. The molecule has 3 N–H and O–H groups in total. The second-order valence-electron chi connectivity index (χ2n) is 4.29. The zero-order valence-electron chi connectivity index (χ0n) is 10.4. The van der Waals surface area contributed by atoms with Crippen molar-refractivity contribution in [3.8, 4) is 5.75 Å². The van der Waals surface area contributed by atoms with Gasteiger partial charge >= 0.3 is 0 Å². The highest BCUT2D eigenvalue weighted by Crippen LogP contribution is 2.23. The maximum Gasteiger partial charge on any atom is 0.255 e. The molecule has 0 bridgehead atoms. The smallest absolute Gasteiger partial charge is 0.255 e. The fourth-order valence-corrected chi connectivity index (χ4v) is 1.61. The number of nitrogens with one attached hydrogen (secondary N) is 1. The predicted octanol–water partition coefficient (Wildman–Crippen LogP) is 1.45. The van der Waals surface area contributed by atoms with E-state index >= 15 is 0 Å². The van der Waals surface area contributed by atoms with Gasteiger partial charge in [0, 0.05) is 4.47 Å². The molecule has 0 aliphatic heterocycles. The van der Waals surface area contributed by atoms with Crippen molar-refractivity contribution in [3.63, 3.8) is 0 Å². The van der Waals surface area contributed by atoms with Gasteiger partial charge in [-0.05, 0) is 32.0 Å². The van der Waals surface area contributed by atoms with Crippen molar-refractivity contribution in [2.45, 2.75) is 19.4 Å². The Labute approximate surface area is 114 Å². The van der Waals surface area contributed by atoms with Gasteiger partial charge in [-0.25, -0.2) is 0 Å². The summed E-state index contributed by atoms with van der Waals surface area (Å²) < 4.78 is 5.91. The lowest BCUT2D eigenvalue weighted by atomic mass is 10.0. The van der Waals surface area contributed by atoms with Gasteiger partial charge in [0.25, 0.3) is 5.91 Å². The van der Waals surface area contributed by atoms with E-state index in [9.17, 15) is 9.59 Å². The van der Waals surface area contributed by atoms with Crippen LogP contribution < -0.4 is 15.8 Å². The van der Waals surface area contributed by atoms with Crippen LogP contribution in [0.4, 0.5) is 0 Å². The first kappa shape index (κ1) is 14.5. The van der Waals surface area contributed by atoms with Crippen molar-refractivity contribution >= 4 is 27.7 Å². The lowest BCUT2D eigenvalue weighted by molar-refractivity contribution is -0.122. The molecule has 5 nitrogen and oxygen atoms in total. The largest absolute Gasteiger partial charge is 0.496 e. The summed E-state index contributed by atoms with van der Waals surface area (Å²) in [4.78, 5) is 23.2. The van der Waals surface area contributed by atoms with E-state index in [1.165, 1.54) is 7.11 Å². The number of amides is 2. The highest BCUT2D eigenvalue weighted by atomic mass is 79.9. The first-order chi connectivity index (χ1) is 8.27. The molecule has 0 aromatic heterocycles. The van der Waals surface area contributed by atoms with Crippen molar-refractivity contribution in [1.82, 2.24) is 5.32 Å². The Morgan fingerprint density at radius 3 is 2.50 bits per heavy atom. The van der Waals surface area contributed by atoms with Gasteiger partial charge in [-0.15, -0.1) is 0 Å². The molecule has 0 unspecified atom stereocenters. The first-order valence-electron chi connectivity index (χ1n) is 5.24. The zero-order chi connectivity index (χ0) is 13.9. The van der Waals surface area contributed by atoms with Gasteiger partial charge in [0.1, 0.15) is 11.3 Å². The Bertz CT molecular complexity index is 486. The van der Waals surface area contributed by atoms with Crippen molar-refractivity contribution < 1.29 is 14.3 Å². The monoisotopic (exact) mass is 314 g/mol. The highest BCUT2D eigenvalue weighted by molar-refractivity contribution is 9.10. The van der Waals surface area contributed by atoms with E-state index in [1.807, 2.05) is 0 Å². The summed E-state index contributed by atoms with van der Waals surface area (Å²) in [6, 6.07) is 5.00. The molecule has 98 valence electrons. The number of ether oxygens (including phenoxy) is 1. The van der Waals surface area contributed by atoms with Crippen molar-refractivity contribution in [3.05, 3.63) is 28.2 Å². The summed E-state index contributed by atoms with van der Waals surface area (Å²) in [5.74, 6) is -0.600. The maximum atomic E-state index is 12.0. The Morgan fingerprint density at radius 2 is 2.00 bits per heavy atom. The summed E-state index contributed by atoms with van der Waals surface area (Å²) in [7, 11) is 1.47. The first-order valence-corrected chi connectivity index (χ1v) is 6.03. The van der Waals surface area contributed by atoms with Gasteiger partial charge in [-0.1, -0.05) is 15.9 Å². The van der Waals surface area contributed by atoms with Crippen LogP contribution in [0.5, 0.6) is 5.75 Å². The lowest BCUT2D eigenvalue weighted by Crippen LogP contribution is -2.53. The minimum atomic E-state index is -1.12. The number of hydrogen-bond donors (Lipinski definition) is 2. The summed E-state index contributed by atoms with van der Waals surface area (Å²) in [5.41, 5.74) is 4.43. The van der Waals surface area contributed by atoms with Gasteiger partial charge in [-0.2, -0.15) is 0 Å². The Kier molecular flexibility index (Phi) is 4.34. The second-order valence-corrected chi connectivity index (χ2v) is 5.20. The second kappa shape index (κ2) is 5.39. The summed E-state index contributed by atoms with van der Waals surface area (Å²) >= 11 is 3.29. The standard InChI is InChI=1S/C12H15BrN2O3/c1-12(2,11(14)17)15-10(16)8-5-4-7(13)6-9(8)18-3/h4-6H,1-3H3,(H2,14,17)(H,15,16). The van der Waals surface area contributed by atoms with Crippen molar-refractivity contribution in [1.29, 1.82) is 0 Å². The van der Waals surface area contributed by atoms with Gasteiger partial charge in [0.15, 0.2) is 0 Å². The number of rotatable bonds is 4. The third kappa shape index (κ3) is 3.22. The Morgan fingerprint density at radius 1 is 1.39 bits per heavy atom. The topological polar surface area (TPSA) is 81.4 Å². The minimum Gasteiger partial charge on any atom is -0.496 e. The van der Waals surface area contributed by atoms with Gasteiger partial charge in [0.2, 0.25) is 5.91 Å². The molecule has 1 rings (SSSR count). The number of carbonyl (C=O) groups is 2. The number of carbonyl (C=O) groups excluding carboxylic acids is 2. The van der Waals surface area contributed by atoms with Crippen LogP contribution in [0.2, 0.25) is 0 Å². The number of nitrogens with two attached hydrogens (primary N) is 1. The molecule has 2 amide bonds. The molecular formula is C12H15BrN2O3. The van der Waals surface area contributed by atoms with Gasteiger partial charge in [0.05, 0.1) is 12.7 Å². The van der Waals surface area contributed by atoms with Crippen LogP contribution in [0, 0.1) is 0 Å². The van der Waals surface area contributed by atoms with Crippen LogP contribution in [0.15, 0.2) is 22.7 Å². The van der Waals surface area contributed by atoms with Crippen LogP contribution in [0.25, 0.3) is 0 Å². The molecule has 0 spiro atoms. The molecule has 6 heteroatoms. The molecule has 18 heavy (non-hydrogen) atoms. The maximum absolute atomic E-state index is 12.0. The molecule has 0 aliphatic carbocycles. The van der Waals surface area contributed by atoms with Gasteiger partial charge in [-0.3, -0.25) is 9.59 Å². The van der Waals surface area contributed by atoms with E-state index in [1.54, 1.807) is 32.0 Å². The lowest BCUT2D eigenvalue weighted by Gasteiger charge is -2.22. The van der Waals surface area contributed by atoms with Crippen LogP contribution in [-0.2, 0) is 4.79 Å². The molecule has 0 aliphatic rings. The molecule has 0 saturated carbocycles. The van der Waals surface area contributed by atoms with Crippen LogP contribution in [-0.4, -0.2) is 24.5 Å². The number of hydrogen-bond acceptors (Lipinski definition) is 3. The van der Waals surface area contributed by atoms with E-state index in [-0.39, 0.29) is 0 Å². The SMILES string of the molecule is COc1cc(Br)ccc1C(=O)NC(C)(C)C(N)=O. The molecule has 0 fully saturated rings. The van der Waals surface area contributed by atoms with Crippen molar-refractivity contribution in [2.75, 3.05) is 7.11 Å². The highest BCUT2D eigenvalue weighted by Gasteiger charge is 2.28. The summed E-state index contributed by atoms with van der Waals surface area (Å²) in [6.07, 6.45) is 0. The van der Waals surface area contributed by atoms with E-state index in [4.69, 9.17) is 10.5 Å². The molecule has 0 saturated heterocycles. The zero-order valence-corrected chi connectivity index (χ0v) is 12.0. The fraction of sp³-hybridized carbons (Fsp3) is 0.333. The molecule has 0 heterocycles. The number of methoxy groups -OCH3 is 1. The predicted molar refractivity (Wildman–Crippen MR) is 71.4 cm³/mol.